The van der Waals surface area contributed by atoms with E-state index in [4.69, 9.17) is 11.7 Å². The lowest BCUT2D eigenvalue weighted by Gasteiger charge is -1.91. The highest BCUT2D eigenvalue weighted by atomic mass is 16.5. The number of nitriles is 1. The number of methoxy groups -OCH3 is 1. The summed E-state index contributed by atoms with van der Waals surface area (Å²) >= 11 is 0. The zero-order valence-corrected chi connectivity index (χ0v) is 4.01. The summed E-state index contributed by atoms with van der Waals surface area (Å²) < 4.78 is 4.45. The first-order valence-corrected chi connectivity index (χ1v) is 1.73. The fourth-order valence-corrected chi connectivity index (χ4v) is 0.158. The molecule has 2 heteroatoms. The van der Waals surface area contributed by atoms with Crippen LogP contribution < -0.4 is 0 Å². The van der Waals surface area contributed by atoms with Crippen LogP contribution >= 0.6 is 0 Å². The number of hydrogen-bond acceptors (Lipinski definition) is 2. The van der Waals surface area contributed by atoms with Gasteiger partial charge in [0.25, 0.3) is 0 Å². The van der Waals surface area contributed by atoms with Crippen molar-refractivity contribution in [3.8, 4) is 18.4 Å². The quantitative estimate of drug-likeness (QED) is 0.434. The van der Waals surface area contributed by atoms with Gasteiger partial charge in [0.15, 0.2) is 0 Å². The molecule has 0 aromatic carbocycles. The van der Waals surface area contributed by atoms with E-state index in [-0.39, 0.29) is 0 Å². The smallest absolute Gasteiger partial charge is 0.204 e. The monoisotopic (exact) mass is 95.0 g/mol. The third kappa shape index (κ3) is 1.81. The van der Waals surface area contributed by atoms with Gasteiger partial charge < -0.3 is 4.74 Å². The second-order valence-corrected chi connectivity index (χ2v) is 0.912. The van der Waals surface area contributed by atoms with Crippen molar-refractivity contribution in [2.24, 2.45) is 0 Å². The molecule has 1 unspecified atom stereocenters. The van der Waals surface area contributed by atoms with Crippen LogP contribution in [0.2, 0.25) is 0 Å². The van der Waals surface area contributed by atoms with Crippen LogP contribution in [0.15, 0.2) is 0 Å². The summed E-state index contributed by atoms with van der Waals surface area (Å²) in [7, 11) is 1.40. The Kier molecular flexibility index (Phi) is 2.76. The van der Waals surface area contributed by atoms with E-state index in [1.165, 1.54) is 7.11 Å². The molecule has 0 aliphatic rings. The Morgan fingerprint density at radius 3 is 2.43 bits per heavy atom. The topological polar surface area (TPSA) is 33.0 Å². The van der Waals surface area contributed by atoms with Crippen molar-refractivity contribution >= 4 is 0 Å². The Bertz CT molecular complexity index is 103. The minimum Gasteiger partial charge on any atom is -0.355 e. The number of hydrogen-bond donors (Lipinski definition) is 0. The Morgan fingerprint density at radius 1 is 1.86 bits per heavy atom. The number of terminal acetylenes is 1. The number of nitrogens with zero attached hydrogens (tertiary/aromatic N) is 1. The fraction of sp³-hybridized carbons (Fsp3) is 0.400. The summed E-state index contributed by atoms with van der Waals surface area (Å²) in [6.07, 6.45) is 4.12. The molecule has 7 heavy (non-hydrogen) atoms. The van der Waals surface area contributed by atoms with Crippen molar-refractivity contribution in [1.29, 1.82) is 5.26 Å². The number of ether oxygens (including phenoxy) is 1. The molecule has 0 rings (SSSR count). The van der Waals surface area contributed by atoms with E-state index in [0.717, 1.165) is 0 Å². The summed E-state index contributed by atoms with van der Waals surface area (Å²) in [5.41, 5.74) is 0. The lowest BCUT2D eigenvalue weighted by Crippen LogP contribution is -2.01. The maximum atomic E-state index is 8.01. The molecule has 0 aliphatic carbocycles. The van der Waals surface area contributed by atoms with Crippen LogP contribution in [-0.2, 0) is 4.74 Å². The molecule has 0 fully saturated rings. The van der Waals surface area contributed by atoms with Gasteiger partial charge in [-0.15, -0.1) is 6.42 Å². The molecule has 0 saturated carbocycles. The summed E-state index contributed by atoms with van der Waals surface area (Å²) in [5.74, 6) is 2.12. The van der Waals surface area contributed by atoms with Gasteiger partial charge in [0.2, 0.25) is 6.10 Å². The minimum absolute atomic E-state index is 0.681. The van der Waals surface area contributed by atoms with Gasteiger partial charge in [-0.2, -0.15) is 5.26 Å². The minimum atomic E-state index is -0.681. The number of rotatable bonds is 1. The highest BCUT2D eigenvalue weighted by Crippen LogP contribution is 1.79. The van der Waals surface area contributed by atoms with E-state index in [1.807, 2.05) is 0 Å². The van der Waals surface area contributed by atoms with Crippen LogP contribution in [0, 0.1) is 23.7 Å². The molecule has 0 heterocycles. The van der Waals surface area contributed by atoms with Crippen LogP contribution in [-0.4, -0.2) is 13.2 Å². The predicted octanol–water partition coefficient (Wildman–Crippen LogP) is 0.158. The first-order valence-electron chi connectivity index (χ1n) is 1.73. The highest BCUT2D eigenvalue weighted by molar-refractivity contribution is 5.07. The molecule has 2 nitrogen and oxygen atoms in total. The first kappa shape index (κ1) is 6.01. The van der Waals surface area contributed by atoms with Crippen LogP contribution in [0.25, 0.3) is 0 Å². The maximum Gasteiger partial charge on any atom is 0.204 e. The molecule has 0 aromatic rings. The molecule has 0 amide bonds. The van der Waals surface area contributed by atoms with E-state index >= 15 is 0 Å². The lowest BCUT2D eigenvalue weighted by atomic mass is 10.4. The van der Waals surface area contributed by atoms with Crippen LogP contribution in [0.5, 0.6) is 0 Å². The zero-order chi connectivity index (χ0) is 5.70. The van der Waals surface area contributed by atoms with Gasteiger partial charge in [-0.3, -0.25) is 0 Å². The lowest BCUT2D eigenvalue weighted by molar-refractivity contribution is 0.190. The zero-order valence-electron chi connectivity index (χ0n) is 4.01. The van der Waals surface area contributed by atoms with E-state index in [1.54, 1.807) is 6.07 Å². The third-order valence-corrected chi connectivity index (χ3v) is 0.504. The average molecular weight is 95.1 g/mol. The molecular formula is C5H5NO. The SMILES string of the molecule is C#CC(C#N)OC. The van der Waals surface area contributed by atoms with E-state index in [2.05, 4.69) is 10.7 Å². The molecule has 1 atom stereocenters. The van der Waals surface area contributed by atoms with Gasteiger partial charge in [0.1, 0.15) is 6.07 Å². The average Bonchev–Trinajstić information content (AvgIpc) is 1.72. The van der Waals surface area contributed by atoms with Crippen molar-refractivity contribution in [2.45, 2.75) is 6.10 Å². The predicted molar refractivity (Wildman–Crippen MR) is 25.2 cm³/mol. The normalized spacial score (nSPS) is 11.3. The van der Waals surface area contributed by atoms with Crippen molar-refractivity contribution in [1.82, 2.24) is 0 Å². The molecule has 0 radical (unpaired) electrons. The summed E-state index contributed by atoms with van der Waals surface area (Å²) in [5, 5.41) is 8.01. The first-order chi connectivity index (χ1) is 3.35. The molecule has 36 valence electrons. The van der Waals surface area contributed by atoms with Gasteiger partial charge in [-0.05, 0) is 0 Å². The Balaban J connectivity index is 3.50. The van der Waals surface area contributed by atoms with Crippen LogP contribution in [0.4, 0.5) is 0 Å². The Hall–Kier alpha value is -0.990. The standard InChI is InChI=1S/C5H5NO/c1-3-5(4-6)7-2/h1,5H,2H3. The van der Waals surface area contributed by atoms with Crippen molar-refractivity contribution in [3.63, 3.8) is 0 Å². The van der Waals surface area contributed by atoms with E-state index in [9.17, 15) is 0 Å². The molecule has 0 saturated heterocycles. The Labute approximate surface area is 42.7 Å². The van der Waals surface area contributed by atoms with E-state index < -0.39 is 6.10 Å². The van der Waals surface area contributed by atoms with Crippen molar-refractivity contribution in [3.05, 3.63) is 0 Å². The molecule has 0 aromatic heterocycles. The summed E-state index contributed by atoms with van der Waals surface area (Å²) in [6, 6.07) is 1.74. The largest absolute Gasteiger partial charge is 0.355 e. The summed E-state index contributed by atoms with van der Waals surface area (Å²) in [4.78, 5) is 0. The molecule has 0 N–H and O–H groups in total. The van der Waals surface area contributed by atoms with Gasteiger partial charge in [0.05, 0.1) is 0 Å². The summed E-state index contributed by atoms with van der Waals surface area (Å²) in [6.45, 7) is 0. The molecule has 0 aliphatic heterocycles. The maximum absolute atomic E-state index is 8.01. The van der Waals surface area contributed by atoms with Crippen LogP contribution in [0.3, 0.4) is 0 Å². The van der Waals surface area contributed by atoms with Crippen molar-refractivity contribution in [2.75, 3.05) is 7.11 Å². The van der Waals surface area contributed by atoms with Crippen LogP contribution in [0.1, 0.15) is 0 Å². The highest BCUT2D eigenvalue weighted by Gasteiger charge is 1.93. The van der Waals surface area contributed by atoms with Gasteiger partial charge in [-0.1, -0.05) is 5.92 Å². The molecule has 0 bridgehead atoms. The van der Waals surface area contributed by atoms with Crippen molar-refractivity contribution < 1.29 is 4.74 Å². The van der Waals surface area contributed by atoms with Gasteiger partial charge in [0, 0.05) is 7.11 Å². The van der Waals surface area contributed by atoms with Gasteiger partial charge >= 0.3 is 0 Å². The van der Waals surface area contributed by atoms with E-state index in [0.29, 0.717) is 0 Å². The second kappa shape index (κ2) is 3.21. The van der Waals surface area contributed by atoms with Gasteiger partial charge in [-0.25, -0.2) is 0 Å². The Morgan fingerprint density at radius 2 is 2.43 bits per heavy atom. The third-order valence-electron chi connectivity index (χ3n) is 0.504. The molecule has 0 spiro atoms. The second-order valence-electron chi connectivity index (χ2n) is 0.912. The fourth-order valence-electron chi connectivity index (χ4n) is 0.158. The molecular weight excluding hydrogens is 90.1 g/mol.